The number of methoxy groups -OCH3 is 1. The Hall–Kier alpha value is -2.30. The maximum absolute atomic E-state index is 12.4. The van der Waals surface area contributed by atoms with Gasteiger partial charge in [-0.25, -0.2) is 0 Å². The Bertz CT molecular complexity index is 603. The van der Waals surface area contributed by atoms with E-state index in [0.29, 0.717) is 18.0 Å². The second-order valence-electron chi connectivity index (χ2n) is 4.52. The molecule has 0 bridgehead atoms. The van der Waals surface area contributed by atoms with E-state index in [-0.39, 0.29) is 5.75 Å². The molecule has 0 saturated heterocycles. The van der Waals surface area contributed by atoms with Gasteiger partial charge >= 0.3 is 6.61 Å². The molecule has 2 rings (SSSR count). The number of alkyl halides is 2. The molecule has 2 aromatic rings. The van der Waals surface area contributed by atoms with Crippen molar-refractivity contribution in [2.45, 2.75) is 20.1 Å². The van der Waals surface area contributed by atoms with E-state index in [1.165, 1.54) is 13.2 Å². The molecule has 0 aromatic heterocycles. The van der Waals surface area contributed by atoms with Crippen molar-refractivity contribution < 1.29 is 18.3 Å². The number of anilines is 1. The van der Waals surface area contributed by atoms with E-state index < -0.39 is 6.61 Å². The third-order valence-electron chi connectivity index (χ3n) is 3.13. The van der Waals surface area contributed by atoms with Gasteiger partial charge in [-0.2, -0.15) is 8.78 Å². The van der Waals surface area contributed by atoms with Crippen molar-refractivity contribution in [1.29, 1.82) is 0 Å². The van der Waals surface area contributed by atoms with Crippen LogP contribution in [0.5, 0.6) is 11.5 Å². The van der Waals surface area contributed by atoms with Crippen LogP contribution in [0.4, 0.5) is 14.5 Å². The fraction of sp³-hybridized carbons (Fsp3) is 0.250. The maximum Gasteiger partial charge on any atom is 0.387 e. The summed E-state index contributed by atoms with van der Waals surface area (Å²) in [7, 11) is 1.52. The predicted octanol–water partition coefficient (Wildman–Crippen LogP) is 4.22. The molecule has 112 valence electrons. The monoisotopic (exact) mass is 293 g/mol. The topological polar surface area (TPSA) is 30.5 Å². The van der Waals surface area contributed by atoms with Gasteiger partial charge in [-0.15, -0.1) is 0 Å². The normalized spacial score (nSPS) is 10.5. The summed E-state index contributed by atoms with van der Waals surface area (Å²) < 4.78 is 34.5. The molecule has 0 spiro atoms. The van der Waals surface area contributed by atoms with Gasteiger partial charge in [0.2, 0.25) is 0 Å². The van der Waals surface area contributed by atoms with Crippen LogP contribution in [0.25, 0.3) is 0 Å². The van der Waals surface area contributed by atoms with Crippen molar-refractivity contribution in [1.82, 2.24) is 0 Å². The molecule has 0 saturated carbocycles. The molecular formula is C16H17F2NO2. The first-order chi connectivity index (χ1) is 10.1. The van der Waals surface area contributed by atoms with E-state index in [4.69, 9.17) is 4.74 Å². The minimum atomic E-state index is -2.86. The first-order valence-electron chi connectivity index (χ1n) is 6.51. The van der Waals surface area contributed by atoms with Crippen molar-refractivity contribution in [3.8, 4) is 11.5 Å². The minimum Gasteiger partial charge on any atom is -0.497 e. The quantitative estimate of drug-likeness (QED) is 0.865. The SMILES string of the molecule is COc1ccc(OC(F)F)c(NCc2ccccc2C)c1. The van der Waals surface area contributed by atoms with Gasteiger partial charge in [-0.3, -0.25) is 0 Å². The van der Waals surface area contributed by atoms with Crippen molar-refractivity contribution in [2.24, 2.45) is 0 Å². The van der Waals surface area contributed by atoms with E-state index in [9.17, 15) is 8.78 Å². The van der Waals surface area contributed by atoms with Gasteiger partial charge in [0.15, 0.2) is 0 Å². The third kappa shape index (κ3) is 4.08. The van der Waals surface area contributed by atoms with Crippen molar-refractivity contribution in [3.63, 3.8) is 0 Å². The van der Waals surface area contributed by atoms with E-state index >= 15 is 0 Å². The molecule has 3 nitrogen and oxygen atoms in total. The second kappa shape index (κ2) is 6.92. The Kier molecular flexibility index (Phi) is 4.98. The molecule has 0 aliphatic heterocycles. The number of aryl methyl sites for hydroxylation is 1. The molecule has 2 aromatic carbocycles. The first-order valence-corrected chi connectivity index (χ1v) is 6.51. The summed E-state index contributed by atoms with van der Waals surface area (Å²) in [6.07, 6.45) is 0. The molecule has 0 radical (unpaired) electrons. The van der Waals surface area contributed by atoms with Crippen LogP contribution in [-0.4, -0.2) is 13.7 Å². The summed E-state index contributed by atoms with van der Waals surface area (Å²) in [4.78, 5) is 0. The van der Waals surface area contributed by atoms with E-state index in [1.54, 1.807) is 12.1 Å². The largest absolute Gasteiger partial charge is 0.497 e. The molecule has 0 fully saturated rings. The van der Waals surface area contributed by atoms with Gasteiger partial charge in [0.05, 0.1) is 12.8 Å². The zero-order chi connectivity index (χ0) is 15.2. The zero-order valence-corrected chi connectivity index (χ0v) is 11.9. The molecule has 0 atom stereocenters. The lowest BCUT2D eigenvalue weighted by molar-refractivity contribution is -0.0494. The van der Waals surface area contributed by atoms with Crippen LogP contribution in [0.3, 0.4) is 0 Å². The Morgan fingerprint density at radius 2 is 1.90 bits per heavy atom. The molecule has 0 heterocycles. The highest BCUT2D eigenvalue weighted by Gasteiger charge is 2.11. The summed E-state index contributed by atoms with van der Waals surface area (Å²) in [5, 5.41) is 3.11. The van der Waals surface area contributed by atoms with Crippen molar-refractivity contribution in [3.05, 3.63) is 53.6 Å². The van der Waals surface area contributed by atoms with Crippen LogP contribution in [-0.2, 0) is 6.54 Å². The highest BCUT2D eigenvalue weighted by atomic mass is 19.3. The van der Waals surface area contributed by atoms with Crippen molar-refractivity contribution in [2.75, 3.05) is 12.4 Å². The van der Waals surface area contributed by atoms with Crippen LogP contribution < -0.4 is 14.8 Å². The summed E-state index contributed by atoms with van der Waals surface area (Å²) >= 11 is 0. The third-order valence-corrected chi connectivity index (χ3v) is 3.13. The lowest BCUT2D eigenvalue weighted by Gasteiger charge is -2.15. The van der Waals surface area contributed by atoms with Crippen LogP contribution in [0.15, 0.2) is 42.5 Å². The van der Waals surface area contributed by atoms with Gasteiger partial charge in [-0.1, -0.05) is 24.3 Å². The second-order valence-corrected chi connectivity index (χ2v) is 4.52. The Labute approximate surface area is 122 Å². The lowest BCUT2D eigenvalue weighted by Crippen LogP contribution is -2.07. The summed E-state index contributed by atoms with van der Waals surface area (Å²) in [6.45, 7) is -0.351. The molecular weight excluding hydrogens is 276 g/mol. The number of rotatable bonds is 6. The molecule has 5 heteroatoms. The summed E-state index contributed by atoms with van der Waals surface area (Å²) in [6, 6.07) is 12.6. The number of benzene rings is 2. The van der Waals surface area contributed by atoms with Crippen molar-refractivity contribution >= 4 is 5.69 Å². The highest BCUT2D eigenvalue weighted by molar-refractivity contribution is 5.60. The number of hydrogen-bond donors (Lipinski definition) is 1. The number of hydrogen-bond acceptors (Lipinski definition) is 3. The van der Waals surface area contributed by atoms with Crippen LogP contribution >= 0.6 is 0 Å². The molecule has 0 aliphatic rings. The number of nitrogens with one attached hydrogen (secondary N) is 1. The van der Waals surface area contributed by atoms with E-state index in [2.05, 4.69) is 10.1 Å². The first kappa shape index (κ1) is 15.1. The summed E-state index contributed by atoms with van der Waals surface area (Å²) in [5.74, 6) is 0.670. The maximum atomic E-state index is 12.4. The average molecular weight is 293 g/mol. The lowest BCUT2D eigenvalue weighted by atomic mass is 10.1. The average Bonchev–Trinajstić information content (AvgIpc) is 2.47. The van der Waals surface area contributed by atoms with E-state index in [1.807, 2.05) is 31.2 Å². The fourth-order valence-corrected chi connectivity index (χ4v) is 1.97. The number of ether oxygens (including phenoxy) is 2. The van der Waals surface area contributed by atoms with Crippen LogP contribution in [0.2, 0.25) is 0 Å². The fourth-order valence-electron chi connectivity index (χ4n) is 1.97. The predicted molar refractivity (Wildman–Crippen MR) is 78.1 cm³/mol. The van der Waals surface area contributed by atoms with Gasteiger partial charge in [0.1, 0.15) is 11.5 Å². The Balaban J connectivity index is 2.18. The molecule has 0 amide bonds. The highest BCUT2D eigenvalue weighted by Crippen LogP contribution is 2.31. The number of halogens is 2. The molecule has 21 heavy (non-hydrogen) atoms. The van der Waals surface area contributed by atoms with E-state index in [0.717, 1.165) is 11.1 Å². The van der Waals surface area contributed by atoms with Gasteiger partial charge < -0.3 is 14.8 Å². The molecule has 1 N–H and O–H groups in total. The van der Waals surface area contributed by atoms with Crippen LogP contribution in [0, 0.1) is 6.92 Å². The van der Waals surface area contributed by atoms with Gasteiger partial charge in [0.25, 0.3) is 0 Å². The molecule has 0 aliphatic carbocycles. The van der Waals surface area contributed by atoms with Gasteiger partial charge in [-0.05, 0) is 30.2 Å². The van der Waals surface area contributed by atoms with Crippen LogP contribution in [0.1, 0.15) is 11.1 Å². The molecule has 0 unspecified atom stereocenters. The zero-order valence-electron chi connectivity index (χ0n) is 11.9. The van der Waals surface area contributed by atoms with Gasteiger partial charge in [0, 0.05) is 12.6 Å². The Morgan fingerprint density at radius 1 is 1.14 bits per heavy atom. The Morgan fingerprint density at radius 3 is 2.57 bits per heavy atom. The minimum absolute atomic E-state index is 0.0967. The standard InChI is InChI=1S/C16H17F2NO2/c1-11-5-3-4-6-12(11)10-19-14-9-13(20-2)7-8-15(14)21-16(17)18/h3-9,16,19H,10H2,1-2H3. The smallest absolute Gasteiger partial charge is 0.387 e. The summed E-state index contributed by atoms with van der Waals surface area (Å²) in [5.41, 5.74) is 2.69.